The fourth-order valence-electron chi connectivity index (χ4n) is 4.85. The highest BCUT2D eigenvalue weighted by molar-refractivity contribution is 5.99. The predicted molar refractivity (Wildman–Crippen MR) is 149 cm³/mol. The number of hydrogen-bond acceptors (Lipinski definition) is 8. The molecule has 6 rings (SSSR count). The van der Waals surface area contributed by atoms with Crippen LogP contribution in [0, 0.1) is 0 Å². The Bertz CT molecular complexity index is 1610. The summed E-state index contributed by atoms with van der Waals surface area (Å²) in [5.74, 6) is 0.901. The van der Waals surface area contributed by atoms with Gasteiger partial charge < -0.3 is 25.0 Å². The molecule has 1 amide bonds. The Balaban J connectivity index is 1.34. The number of likely N-dealkylation sites (N-methyl/N-ethyl adjacent to an activating group) is 2. The van der Waals surface area contributed by atoms with Gasteiger partial charge in [0.05, 0.1) is 47.0 Å². The fourth-order valence-corrected chi connectivity index (χ4v) is 4.85. The van der Waals surface area contributed by atoms with E-state index in [-0.39, 0.29) is 5.91 Å². The van der Waals surface area contributed by atoms with Crippen LogP contribution in [0.25, 0.3) is 44.5 Å². The van der Waals surface area contributed by atoms with E-state index in [1.807, 2.05) is 43.4 Å². The Kier molecular flexibility index (Phi) is 6.22. The summed E-state index contributed by atoms with van der Waals surface area (Å²) in [6.07, 6.45) is 7.01. The molecule has 1 fully saturated rings. The number of carbonyl (C=O) groups is 1. The lowest BCUT2D eigenvalue weighted by atomic mass is 10.1. The summed E-state index contributed by atoms with van der Waals surface area (Å²) >= 11 is 0. The number of aromatic nitrogens is 6. The lowest BCUT2D eigenvalue weighted by Gasteiger charge is -2.33. The van der Waals surface area contributed by atoms with Crippen molar-refractivity contribution >= 4 is 39.2 Å². The minimum Gasteiger partial charge on any atom is -0.353 e. The third-order valence-corrected chi connectivity index (χ3v) is 6.81. The lowest BCUT2D eigenvalue weighted by molar-refractivity contribution is -0.116. The van der Waals surface area contributed by atoms with Crippen LogP contribution in [0.3, 0.4) is 0 Å². The molecule has 194 valence electrons. The average molecular weight is 511 g/mol. The number of carbonyl (C=O) groups excluding carboxylic acids is 1. The van der Waals surface area contributed by atoms with Crippen LogP contribution in [0.5, 0.6) is 0 Å². The maximum atomic E-state index is 12.2. The van der Waals surface area contributed by atoms with E-state index in [1.54, 1.807) is 18.6 Å². The van der Waals surface area contributed by atoms with Gasteiger partial charge in [0.25, 0.3) is 0 Å². The second kappa shape index (κ2) is 9.84. The number of pyridine rings is 3. The van der Waals surface area contributed by atoms with Gasteiger partial charge in [0.1, 0.15) is 11.5 Å². The van der Waals surface area contributed by atoms with Crippen LogP contribution >= 0.6 is 0 Å². The number of H-pyrrole nitrogens is 2. The summed E-state index contributed by atoms with van der Waals surface area (Å²) in [4.78, 5) is 35.9. The number of piperazine rings is 1. The number of nitrogens with zero attached hydrogens (tertiary/aromatic N) is 7. The quantitative estimate of drug-likeness (QED) is 0.319. The normalized spacial score (nSPS) is 14.6. The molecule has 0 bridgehead atoms. The summed E-state index contributed by atoms with van der Waals surface area (Å²) in [7, 11) is 5.86. The fraction of sp³-hybridized carbons (Fsp3) is 0.296. The van der Waals surface area contributed by atoms with E-state index in [1.165, 1.54) is 0 Å². The van der Waals surface area contributed by atoms with Crippen molar-refractivity contribution < 1.29 is 4.79 Å². The summed E-state index contributed by atoms with van der Waals surface area (Å²) < 4.78 is 0. The molecule has 0 radical (unpaired) electrons. The molecule has 3 N–H and O–H groups in total. The van der Waals surface area contributed by atoms with E-state index in [2.05, 4.69) is 53.4 Å². The van der Waals surface area contributed by atoms with Gasteiger partial charge in [0, 0.05) is 54.9 Å². The molecule has 1 saturated heterocycles. The van der Waals surface area contributed by atoms with Crippen LogP contribution in [0.4, 0.5) is 11.5 Å². The lowest BCUT2D eigenvalue weighted by Crippen LogP contribution is -2.44. The van der Waals surface area contributed by atoms with E-state index in [4.69, 9.17) is 4.98 Å². The zero-order chi connectivity index (χ0) is 26.2. The summed E-state index contributed by atoms with van der Waals surface area (Å²) in [6.45, 7) is 4.23. The first-order valence-electron chi connectivity index (χ1n) is 12.6. The molecule has 38 heavy (non-hydrogen) atoms. The van der Waals surface area contributed by atoms with E-state index in [0.29, 0.717) is 12.2 Å². The smallest absolute Gasteiger partial charge is 0.238 e. The van der Waals surface area contributed by atoms with Gasteiger partial charge in [-0.15, -0.1) is 0 Å². The minimum absolute atomic E-state index is 0.0984. The molecule has 11 nitrogen and oxygen atoms in total. The molecule has 0 saturated carbocycles. The van der Waals surface area contributed by atoms with Gasteiger partial charge >= 0.3 is 0 Å². The number of amides is 1. The Hall–Kier alpha value is -4.35. The Morgan fingerprint density at radius 2 is 1.87 bits per heavy atom. The van der Waals surface area contributed by atoms with Crippen molar-refractivity contribution in [2.24, 2.45) is 0 Å². The van der Waals surface area contributed by atoms with Gasteiger partial charge in [-0.05, 0) is 45.4 Å². The zero-order valence-corrected chi connectivity index (χ0v) is 21.7. The molecule has 0 atom stereocenters. The van der Waals surface area contributed by atoms with Crippen molar-refractivity contribution in [1.29, 1.82) is 0 Å². The molecule has 0 spiro atoms. The number of rotatable bonds is 6. The van der Waals surface area contributed by atoms with E-state index >= 15 is 0 Å². The van der Waals surface area contributed by atoms with Crippen molar-refractivity contribution in [3.63, 3.8) is 0 Å². The molecule has 0 aromatic carbocycles. The molecule has 11 heteroatoms. The summed E-state index contributed by atoms with van der Waals surface area (Å²) in [6, 6.07) is 8.02. The predicted octanol–water partition coefficient (Wildman–Crippen LogP) is 2.82. The van der Waals surface area contributed by atoms with Crippen molar-refractivity contribution in [3.05, 3.63) is 49.1 Å². The number of fused-ring (bicyclic) bond motifs is 2. The topological polar surface area (TPSA) is 122 Å². The van der Waals surface area contributed by atoms with Crippen molar-refractivity contribution in [3.8, 4) is 22.6 Å². The van der Waals surface area contributed by atoms with Crippen LogP contribution < -0.4 is 10.2 Å². The molecular formula is C27H30N10O. The molecule has 0 aliphatic carbocycles. The van der Waals surface area contributed by atoms with E-state index in [0.717, 1.165) is 76.4 Å². The summed E-state index contributed by atoms with van der Waals surface area (Å²) in [5.41, 5.74) is 5.76. The second-order valence-corrected chi connectivity index (χ2v) is 10.0. The SMILES string of the molecule is CN(C)CC(=O)Nc1cncc(-c2cc3c(-c4cc5c(N6CCN(C)CC6)nccc5[nH]4)n[nH]c3cn2)c1. The molecule has 1 aliphatic heterocycles. The van der Waals surface area contributed by atoms with Gasteiger partial charge in [-0.25, -0.2) is 4.98 Å². The Labute approximate surface area is 219 Å². The third kappa shape index (κ3) is 4.69. The van der Waals surface area contributed by atoms with Gasteiger partial charge in [-0.2, -0.15) is 5.10 Å². The number of anilines is 2. The number of aromatic amines is 2. The van der Waals surface area contributed by atoms with Crippen molar-refractivity contribution in [1.82, 2.24) is 39.9 Å². The highest BCUT2D eigenvalue weighted by Gasteiger charge is 2.20. The van der Waals surface area contributed by atoms with E-state index < -0.39 is 0 Å². The zero-order valence-electron chi connectivity index (χ0n) is 21.7. The Morgan fingerprint density at radius 3 is 2.68 bits per heavy atom. The van der Waals surface area contributed by atoms with Gasteiger partial charge in [-0.1, -0.05) is 0 Å². The highest BCUT2D eigenvalue weighted by atomic mass is 16.2. The Morgan fingerprint density at radius 1 is 1.03 bits per heavy atom. The van der Waals surface area contributed by atoms with Crippen LogP contribution in [-0.4, -0.2) is 99.7 Å². The minimum atomic E-state index is -0.0984. The number of nitrogens with one attached hydrogen (secondary N) is 3. The standard InChI is InChI=1S/C27H30N10O/c1-35(2)16-25(38)31-18-10-17(13-28-14-18)22-11-19-24(15-30-22)33-34-26(19)23-12-20-21(32-23)4-5-29-27(20)37-8-6-36(3)7-9-37/h4-5,10-15,32H,6-9,16H2,1-3H3,(H,31,38)(H,33,34). The molecule has 1 aliphatic rings. The molecular weight excluding hydrogens is 480 g/mol. The van der Waals surface area contributed by atoms with Crippen LogP contribution in [0.2, 0.25) is 0 Å². The van der Waals surface area contributed by atoms with Crippen LogP contribution in [-0.2, 0) is 4.79 Å². The monoisotopic (exact) mass is 510 g/mol. The molecule has 6 heterocycles. The van der Waals surface area contributed by atoms with Gasteiger partial charge in [0.2, 0.25) is 5.91 Å². The first-order chi connectivity index (χ1) is 18.4. The van der Waals surface area contributed by atoms with Crippen molar-refractivity contribution in [2.75, 3.05) is 64.1 Å². The highest BCUT2D eigenvalue weighted by Crippen LogP contribution is 2.33. The largest absolute Gasteiger partial charge is 0.353 e. The molecule has 5 aromatic heterocycles. The molecule has 5 aromatic rings. The van der Waals surface area contributed by atoms with E-state index in [9.17, 15) is 4.79 Å². The van der Waals surface area contributed by atoms with Crippen LogP contribution in [0.15, 0.2) is 49.1 Å². The number of hydrogen-bond donors (Lipinski definition) is 3. The third-order valence-electron chi connectivity index (χ3n) is 6.81. The van der Waals surface area contributed by atoms with Gasteiger partial charge in [-0.3, -0.25) is 19.9 Å². The maximum absolute atomic E-state index is 12.2. The van der Waals surface area contributed by atoms with Gasteiger partial charge in [0.15, 0.2) is 0 Å². The van der Waals surface area contributed by atoms with Crippen molar-refractivity contribution in [2.45, 2.75) is 0 Å². The molecule has 0 unspecified atom stereocenters. The second-order valence-electron chi connectivity index (χ2n) is 10.0. The first-order valence-corrected chi connectivity index (χ1v) is 12.6. The summed E-state index contributed by atoms with van der Waals surface area (Å²) in [5, 5.41) is 12.6. The maximum Gasteiger partial charge on any atom is 0.238 e. The average Bonchev–Trinajstić information content (AvgIpc) is 3.52. The first kappa shape index (κ1) is 24.0. The van der Waals surface area contributed by atoms with Crippen LogP contribution in [0.1, 0.15) is 0 Å².